The van der Waals surface area contributed by atoms with Crippen LogP contribution in [0.4, 0.5) is 13.2 Å². The van der Waals surface area contributed by atoms with Crippen LogP contribution >= 0.6 is 0 Å². The van der Waals surface area contributed by atoms with Crippen LogP contribution in [0.5, 0.6) is 0 Å². The first-order valence-electron chi connectivity index (χ1n) is 2.91. The predicted molar refractivity (Wildman–Crippen MR) is 31.6 cm³/mol. The zero-order valence-corrected chi connectivity index (χ0v) is 5.48. The van der Waals surface area contributed by atoms with E-state index in [1.807, 2.05) is 0 Å². The summed E-state index contributed by atoms with van der Waals surface area (Å²) in [6, 6.07) is 3.13. The molecule has 1 aromatic heterocycles. The minimum Gasteiger partial charge on any atom is -0.363 e. The van der Waals surface area contributed by atoms with Gasteiger partial charge in [-0.15, -0.1) is 13.2 Å². The van der Waals surface area contributed by atoms with Gasteiger partial charge in [0.25, 0.3) is 0 Å². The summed E-state index contributed by atoms with van der Waals surface area (Å²) in [5.74, 6) is 0. The van der Waals surface area contributed by atoms with Crippen molar-refractivity contribution in [1.29, 1.82) is 0 Å². The van der Waals surface area contributed by atoms with Crippen molar-refractivity contribution < 1.29 is 17.9 Å². The number of rotatable bonds is 2. The molecule has 11 heavy (non-hydrogen) atoms. The SMILES string of the molecule is FC(F)(F)OCc1ccc[nH]1. The van der Waals surface area contributed by atoms with Crippen LogP contribution in [0.15, 0.2) is 18.3 Å². The van der Waals surface area contributed by atoms with Gasteiger partial charge in [-0.3, -0.25) is 4.74 Å². The van der Waals surface area contributed by atoms with Gasteiger partial charge in [0.1, 0.15) is 0 Å². The highest BCUT2D eigenvalue weighted by Crippen LogP contribution is 2.17. The molecule has 0 aliphatic heterocycles. The molecular formula is C6H6F3NO. The number of nitrogens with one attached hydrogen (secondary N) is 1. The molecule has 0 saturated heterocycles. The van der Waals surface area contributed by atoms with E-state index < -0.39 is 13.0 Å². The third-order valence-electron chi connectivity index (χ3n) is 1.05. The first-order valence-corrected chi connectivity index (χ1v) is 2.91. The minimum absolute atomic E-state index is 0.405. The lowest BCUT2D eigenvalue weighted by molar-refractivity contribution is -0.330. The summed E-state index contributed by atoms with van der Waals surface area (Å²) in [7, 11) is 0. The second-order valence-corrected chi connectivity index (χ2v) is 1.93. The highest BCUT2D eigenvalue weighted by atomic mass is 19.4. The maximum atomic E-state index is 11.4. The first-order chi connectivity index (χ1) is 5.08. The van der Waals surface area contributed by atoms with Crippen LogP contribution in [0.3, 0.4) is 0 Å². The first kappa shape index (κ1) is 8.13. The van der Waals surface area contributed by atoms with Gasteiger partial charge in [-0.2, -0.15) is 0 Å². The molecule has 1 rings (SSSR count). The van der Waals surface area contributed by atoms with E-state index in [1.54, 1.807) is 6.07 Å². The van der Waals surface area contributed by atoms with E-state index in [0.717, 1.165) is 0 Å². The molecule has 0 amide bonds. The van der Waals surface area contributed by atoms with Gasteiger partial charge in [-0.1, -0.05) is 0 Å². The van der Waals surface area contributed by atoms with Gasteiger partial charge >= 0.3 is 6.36 Å². The van der Waals surface area contributed by atoms with Crippen LogP contribution < -0.4 is 0 Å². The lowest BCUT2D eigenvalue weighted by Gasteiger charge is -2.04. The average Bonchev–Trinajstić information content (AvgIpc) is 2.32. The maximum absolute atomic E-state index is 11.4. The smallest absolute Gasteiger partial charge is 0.363 e. The van der Waals surface area contributed by atoms with Gasteiger partial charge in [0.05, 0.1) is 6.61 Å². The summed E-state index contributed by atoms with van der Waals surface area (Å²) >= 11 is 0. The zero-order chi connectivity index (χ0) is 8.32. The molecule has 1 aromatic rings. The Labute approximate surface area is 61.0 Å². The highest BCUT2D eigenvalue weighted by molar-refractivity contribution is 5.01. The number of ether oxygens (including phenoxy) is 1. The molecule has 1 heterocycles. The molecule has 0 radical (unpaired) electrons. The van der Waals surface area contributed by atoms with Crippen molar-refractivity contribution in [1.82, 2.24) is 4.98 Å². The Balaban J connectivity index is 2.35. The van der Waals surface area contributed by atoms with Crippen LogP contribution in [0, 0.1) is 0 Å². The number of hydrogen-bond donors (Lipinski definition) is 1. The van der Waals surface area contributed by atoms with E-state index in [2.05, 4.69) is 9.72 Å². The van der Waals surface area contributed by atoms with Gasteiger partial charge in [-0.05, 0) is 12.1 Å². The van der Waals surface area contributed by atoms with Gasteiger partial charge in [0.2, 0.25) is 0 Å². The number of alkyl halides is 3. The summed E-state index contributed by atoms with van der Waals surface area (Å²) in [5.41, 5.74) is 0.405. The van der Waals surface area contributed by atoms with E-state index in [0.29, 0.717) is 5.69 Å². The van der Waals surface area contributed by atoms with E-state index in [4.69, 9.17) is 0 Å². The van der Waals surface area contributed by atoms with E-state index >= 15 is 0 Å². The quantitative estimate of drug-likeness (QED) is 0.712. The lowest BCUT2D eigenvalue weighted by atomic mass is 10.5. The van der Waals surface area contributed by atoms with Crippen LogP contribution in [0.1, 0.15) is 5.69 Å². The molecule has 0 bridgehead atoms. The van der Waals surface area contributed by atoms with Crippen molar-refractivity contribution in [3.8, 4) is 0 Å². The maximum Gasteiger partial charge on any atom is 0.522 e. The fourth-order valence-electron chi connectivity index (χ4n) is 0.617. The topological polar surface area (TPSA) is 25.0 Å². The molecule has 0 aliphatic rings. The lowest BCUT2D eigenvalue weighted by Crippen LogP contribution is -2.12. The Morgan fingerprint density at radius 3 is 2.64 bits per heavy atom. The van der Waals surface area contributed by atoms with Gasteiger partial charge in [0, 0.05) is 11.9 Å². The number of hydrogen-bond acceptors (Lipinski definition) is 1. The molecule has 0 saturated carbocycles. The molecule has 5 heteroatoms. The average molecular weight is 165 g/mol. The Morgan fingerprint density at radius 2 is 2.18 bits per heavy atom. The molecule has 0 spiro atoms. The molecule has 0 aromatic carbocycles. The Morgan fingerprint density at radius 1 is 1.45 bits per heavy atom. The van der Waals surface area contributed by atoms with E-state index in [1.165, 1.54) is 12.3 Å². The van der Waals surface area contributed by atoms with Crippen molar-refractivity contribution in [3.63, 3.8) is 0 Å². The number of aromatic amines is 1. The number of halogens is 3. The largest absolute Gasteiger partial charge is 0.522 e. The molecule has 2 nitrogen and oxygen atoms in total. The summed E-state index contributed by atoms with van der Waals surface area (Å²) < 4.78 is 37.8. The highest BCUT2D eigenvalue weighted by Gasteiger charge is 2.28. The van der Waals surface area contributed by atoms with Crippen molar-refractivity contribution in [3.05, 3.63) is 24.0 Å². The molecule has 0 aliphatic carbocycles. The molecular weight excluding hydrogens is 159 g/mol. The monoisotopic (exact) mass is 165 g/mol. The number of H-pyrrole nitrogens is 1. The van der Waals surface area contributed by atoms with Crippen molar-refractivity contribution in [2.75, 3.05) is 0 Å². The second kappa shape index (κ2) is 2.96. The third-order valence-corrected chi connectivity index (χ3v) is 1.05. The standard InChI is InChI=1S/C6H6F3NO/c7-6(8,9)11-4-5-2-1-3-10-5/h1-3,10H,4H2. The fourth-order valence-corrected chi connectivity index (χ4v) is 0.617. The Hall–Kier alpha value is -0.970. The van der Waals surface area contributed by atoms with Crippen molar-refractivity contribution in [2.45, 2.75) is 13.0 Å². The predicted octanol–water partition coefficient (Wildman–Crippen LogP) is 2.05. The number of aromatic nitrogens is 1. The van der Waals surface area contributed by atoms with Crippen molar-refractivity contribution >= 4 is 0 Å². The molecule has 0 unspecified atom stereocenters. The third kappa shape index (κ3) is 3.08. The summed E-state index contributed by atoms with van der Waals surface area (Å²) in [6.07, 6.45) is -3.01. The van der Waals surface area contributed by atoms with Crippen LogP contribution in [0.25, 0.3) is 0 Å². The van der Waals surface area contributed by atoms with Crippen molar-refractivity contribution in [2.24, 2.45) is 0 Å². The fraction of sp³-hybridized carbons (Fsp3) is 0.333. The van der Waals surface area contributed by atoms with Gasteiger partial charge < -0.3 is 4.98 Å². The summed E-state index contributed by atoms with van der Waals surface area (Å²) in [5, 5.41) is 0. The Kier molecular flexibility index (Phi) is 2.19. The van der Waals surface area contributed by atoms with E-state index in [9.17, 15) is 13.2 Å². The molecule has 1 N–H and O–H groups in total. The minimum atomic E-state index is -4.55. The second-order valence-electron chi connectivity index (χ2n) is 1.93. The Bertz CT molecular complexity index is 204. The van der Waals surface area contributed by atoms with Crippen LogP contribution in [0.2, 0.25) is 0 Å². The molecule has 0 fully saturated rings. The van der Waals surface area contributed by atoms with Crippen LogP contribution in [-0.4, -0.2) is 11.3 Å². The van der Waals surface area contributed by atoms with Gasteiger partial charge in [-0.25, -0.2) is 0 Å². The zero-order valence-electron chi connectivity index (χ0n) is 5.48. The van der Waals surface area contributed by atoms with Gasteiger partial charge in [0.15, 0.2) is 0 Å². The molecule has 62 valence electrons. The van der Waals surface area contributed by atoms with Crippen LogP contribution in [-0.2, 0) is 11.3 Å². The summed E-state index contributed by atoms with van der Waals surface area (Å²) in [6.45, 7) is -0.462. The molecule has 0 atom stereocenters. The van der Waals surface area contributed by atoms with E-state index in [-0.39, 0.29) is 0 Å². The normalized spacial score (nSPS) is 11.9. The summed E-state index contributed by atoms with van der Waals surface area (Å²) in [4.78, 5) is 2.58.